The number of nitrogens with one attached hydrogen (secondary N) is 1. The largest absolute Gasteiger partial charge is 0.480 e. The summed E-state index contributed by atoms with van der Waals surface area (Å²) in [5.74, 6) is -0.871. The zero-order valence-electron chi connectivity index (χ0n) is 10.8. The molecule has 0 aliphatic heterocycles. The fourth-order valence-corrected chi connectivity index (χ4v) is 2.08. The molecule has 2 aromatic rings. The van der Waals surface area contributed by atoms with Gasteiger partial charge in [0.05, 0.1) is 5.52 Å². The lowest BCUT2D eigenvalue weighted by molar-refractivity contribution is -0.134. The van der Waals surface area contributed by atoms with Crippen molar-refractivity contribution in [3.8, 4) is 0 Å². The monoisotopic (exact) mass is 247 g/mol. The van der Waals surface area contributed by atoms with Crippen molar-refractivity contribution in [2.24, 2.45) is 0 Å². The Labute approximate surface area is 105 Å². The Balaban J connectivity index is 2.45. The SMILES string of the molecule is CCn1nc2cc(NCC(=O)O)c(C)cc2c1C. The normalized spacial score (nSPS) is 10.8. The molecule has 1 heterocycles. The van der Waals surface area contributed by atoms with Gasteiger partial charge in [-0.25, -0.2) is 0 Å². The van der Waals surface area contributed by atoms with Crippen LogP contribution in [0.15, 0.2) is 12.1 Å². The number of carboxylic acid groups (broad SMARTS) is 1. The van der Waals surface area contributed by atoms with Crippen molar-refractivity contribution >= 4 is 22.6 Å². The third-order valence-electron chi connectivity index (χ3n) is 3.08. The Morgan fingerprint density at radius 2 is 2.17 bits per heavy atom. The van der Waals surface area contributed by atoms with Gasteiger partial charge in [-0.1, -0.05) is 0 Å². The van der Waals surface area contributed by atoms with Crippen molar-refractivity contribution in [3.05, 3.63) is 23.4 Å². The Kier molecular flexibility index (Phi) is 3.23. The molecule has 0 saturated heterocycles. The van der Waals surface area contributed by atoms with E-state index in [2.05, 4.69) is 17.3 Å². The number of hydrogen-bond acceptors (Lipinski definition) is 3. The summed E-state index contributed by atoms with van der Waals surface area (Å²) in [6.45, 7) is 6.81. The third kappa shape index (κ3) is 2.16. The lowest BCUT2D eigenvalue weighted by atomic mass is 10.1. The van der Waals surface area contributed by atoms with Crippen LogP contribution in [0.5, 0.6) is 0 Å². The molecule has 96 valence electrons. The molecule has 5 nitrogen and oxygen atoms in total. The number of aromatic nitrogens is 2. The maximum absolute atomic E-state index is 10.6. The molecule has 2 N–H and O–H groups in total. The van der Waals surface area contributed by atoms with Gasteiger partial charge in [-0.05, 0) is 38.5 Å². The van der Waals surface area contributed by atoms with Crippen LogP contribution in [0, 0.1) is 13.8 Å². The van der Waals surface area contributed by atoms with Crippen LogP contribution < -0.4 is 5.32 Å². The number of carboxylic acids is 1. The number of aryl methyl sites for hydroxylation is 3. The molecule has 1 aromatic carbocycles. The van der Waals surface area contributed by atoms with Gasteiger partial charge >= 0.3 is 5.97 Å². The fourth-order valence-electron chi connectivity index (χ4n) is 2.08. The molecule has 5 heteroatoms. The minimum absolute atomic E-state index is 0.0835. The summed E-state index contributed by atoms with van der Waals surface area (Å²) in [6.07, 6.45) is 0. The molecule has 2 rings (SSSR count). The molecule has 0 atom stereocenters. The Bertz CT molecular complexity index is 602. The summed E-state index contributed by atoms with van der Waals surface area (Å²) in [4.78, 5) is 10.6. The summed E-state index contributed by atoms with van der Waals surface area (Å²) in [6, 6.07) is 3.96. The first-order chi connectivity index (χ1) is 8.52. The average Bonchev–Trinajstić information content (AvgIpc) is 2.63. The van der Waals surface area contributed by atoms with Crippen LogP contribution in [-0.2, 0) is 11.3 Å². The number of benzene rings is 1. The van der Waals surface area contributed by atoms with Crippen molar-refractivity contribution in [2.75, 3.05) is 11.9 Å². The lowest BCUT2D eigenvalue weighted by Gasteiger charge is -2.07. The molecule has 0 bridgehead atoms. The fraction of sp³-hybridized carbons (Fsp3) is 0.385. The first kappa shape index (κ1) is 12.4. The van der Waals surface area contributed by atoms with Crippen LogP contribution in [0.1, 0.15) is 18.2 Å². The van der Waals surface area contributed by atoms with Gasteiger partial charge in [-0.3, -0.25) is 9.48 Å². The topological polar surface area (TPSA) is 67.2 Å². The Morgan fingerprint density at radius 1 is 1.44 bits per heavy atom. The van der Waals surface area contributed by atoms with Gasteiger partial charge in [0, 0.05) is 23.3 Å². The van der Waals surface area contributed by atoms with E-state index in [0.717, 1.165) is 34.4 Å². The van der Waals surface area contributed by atoms with Crippen LogP contribution >= 0.6 is 0 Å². The Hall–Kier alpha value is -2.04. The molecule has 18 heavy (non-hydrogen) atoms. The van der Waals surface area contributed by atoms with Crippen molar-refractivity contribution in [1.82, 2.24) is 9.78 Å². The molecule has 0 spiro atoms. The summed E-state index contributed by atoms with van der Waals surface area (Å²) in [5.41, 5.74) is 3.89. The van der Waals surface area contributed by atoms with Crippen molar-refractivity contribution < 1.29 is 9.90 Å². The second kappa shape index (κ2) is 4.68. The first-order valence-corrected chi connectivity index (χ1v) is 5.96. The summed E-state index contributed by atoms with van der Waals surface area (Å²) >= 11 is 0. The van der Waals surface area contributed by atoms with Gasteiger partial charge < -0.3 is 10.4 Å². The number of carbonyl (C=O) groups is 1. The molecular weight excluding hydrogens is 230 g/mol. The number of anilines is 1. The van der Waals surface area contributed by atoms with E-state index in [1.54, 1.807) is 0 Å². The average molecular weight is 247 g/mol. The molecule has 0 aliphatic rings. The standard InChI is InChI=1S/C13H17N3O2/c1-4-16-9(3)10-5-8(2)11(6-12(10)15-16)14-7-13(17)18/h5-6,14H,4,7H2,1-3H3,(H,17,18). The highest BCUT2D eigenvalue weighted by Gasteiger charge is 2.09. The van der Waals surface area contributed by atoms with Crippen LogP contribution in [0.2, 0.25) is 0 Å². The minimum Gasteiger partial charge on any atom is -0.480 e. The first-order valence-electron chi connectivity index (χ1n) is 5.96. The van der Waals surface area contributed by atoms with Crippen LogP contribution in [0.25, 0.3) is 10.9 Å². The second-order valence-electron chi connectivity index (χ2n) is 4.33. The highest BCUT2D eigenvalue weighted by Crippen LogP contribution is 2.25. The highest BCUT2D eigenvalue weighted by molar-refractivity contribution is 5.87. The van der Waals surface area contributed by atoms with Crippen molar-refractivity contribution in [2.45, 2.75) is 27.3 Å². The zero-order valence-corrected chi connectivity index (χ0v) is 10.8. The quantitative estimate of drug-likeness (QED) is 0.869. The van der Waals surface area contributed by atoms with Gasteiger partial charge in [-0.15, -0.1) is 0 Å². The summed E-state index contributed by atoms with van der Waals surface area (Å²) in [5, 5.41) is 17.2. The molecular formula is C13H17N3O2. The zero-order chi connectivity index (χ0) is 13.3. The van der Waals surface area contributed by atoms with Crippen molar-refractivity contribution in [1.29, 1.82) is 0 Å². The second-order valence-corrected chi connectivity index (χ2v) is 4.33. The van der Waals surface area contributed by atoms with E-state index in [1.165, 1.54) is 0 Å². The number of rotatable bonds is 4. The molecule has 0 fully saturated rings. The maximum atomic E-state index is 10.6. The maximum Gasteiger partial charge on any atom is 0.322 e. The van der Waals surface area contributed by atoms with Gasteiger partial charge in [0.2, 0.25) is 0 Å². The van der Waals surface area contributed by atoms with Crippen LogP contribution in [0.4, 0.5) is 5.69 Å². The number of hydrogen-bond donors (Lipinski definition) is 2. The van der Waals surface area contributed by atoms with E-state index in [0.29, 0.717) is 0 Å². The number of nitrogens with zero attached hydrogens (tertiary/aromatic N) is 2. The predicted octanol–water partition coefficient (Wildman–Crippen LogP) is 2.17. The summed E-state index contributed by atoms with van der Waals surface area (Å²) < 4.78 is 1.95. The minimum atomic E-state index is -0.871. The molecule has 1 aromatic heterocycles. The smallest absolute Gasteiger partial charge is 0.322 e. The van der Waals surface area contributed by atoms with E-state index in [1.807, 2.05) is 30.7 Å². The molecule has 0 radical (unpaired) electrons. The van der Waals surface area contributed by atoms with E-state index in [4.69, 9.17) is 5.11 Å². The van der Waals surface area contributed by atoms with Gasteiger partial charge in [-0.2, -0.15) is 5.10 Å². The Morgan fingerprint density at radius 3 is 2.78 bits per heavy atom. The highest BCUT2D eigenvalue weighted by atomic mass is 16.4. The van der Waals surface area contributed by atoms with E-state index < -0.39 is 5.97 Å². The van der Waals surface area contributed by atoms with Gasteiger partial charge in [0.15, 0.2) is 0 Å². The number of aliphatic carboxylic acids is 1. The van der Waals surface area contributed by atoms with Crippen molar-refractivity contribution in [3.63, 3.8) is 0 Å². The predicted molar refractivity (Wildman–Crippen MR) is 71.0 cm³/mol. The summed E-state index contributed by atoms with van der Waals surface area (Å²) in [7, 11) is 0. The van der Waals surface area contributed by atoms with E-state index in [-0.39, 0.29) is 6.54 Å². The number of fused-ring (bicyclic) bond motifs is 1. The molecule has 0 saturated carbocycles. The van der Waals surface area contributed by atoms with Gasteiger partial charge in [0.25, 0.3) is 0 Å². The molecule has 0 amide bonds. The molecule has 0 aliphatic carbocycles. The molecule has 0 unspecified atom stereocenters. The third-order valence-corrected chi connectivity index (χ3v) is 3.08. The van der Waals surface area contributed by atoms with Crippen LogP contribution in [-0.4, -0.2) is 27.4 Å². The van der Waals surface area contributed by atoms with E-state index in [9.17, 15) is 4.79 Å². The lowest BCUT2D eigenvalue weighted by Crippen LogP contribution is -2.12. The van der Waals surface area contributed by atoms with Crippen LogP contribution in [0.3, 0.4) is 0 Å². The van der Waals surface area contributed by atoms with Gasteiger partial charge in [0.1, 0.15) is 6.54 Å². The van der Waals surface area contributed by atoms with E-state index >= 15 is 0 Å².